The van der Waals surface area contributed by atoms with Crippen LogP contribution in [0.5, 0.6) is 5.75 Å². The highest BCUT2D eigenvalue weighted by Crippen LogP contribution is 2.30. The van der Waals surface area contributed by atoms with Crippen LogP contribution < -0.4 is 15.4 Å². The van der Waals surface area contributed by atoms with Gasteiger partial charge in [-0.2, -0.15) is 0 Å². The third-order valence-corrected chi connectivity index (χ3v) is 4.21. The first-order chi connectivity index (χ1) is 13.3. The Balaban J connectivity index is 1.87. The number of fused-ring (bicyclic) bond motifs is 1. The number of benzene rings is 2. The van der Waals surface area contributed by atoms with E-state index < -0.39 is 29.8 Å². The van der Waals surface area contributed by atoms with Crippen molar-refractivity contribution in [2.45, 2.75) is 20.0 Å². The summed E-state index contributed by atoms with van der Waals surface area (Å²) >= 11 is 0. The Bertz CT molecular complexity index is 967. The van der Waals surface area contributed by atoms with Crippen molar-refractivity contribution in [3.05, 3.63) is 59.2 Å². The molecular weight excluding hydrogens is 364 g/mol. The Morgan fingerprint density at radius 2 is 1.68 bits per heavy atom. The molecule has 144 valence electrons. The number of nitrogens with two attached hydrogens (primary N) is 1. The smallest absolute Gasteiger partial charge is 0.338 e. The second-order valence-electron chi connectivity index (χ2n) is 6.08. The van der Waals surface area contributed by atoms with Crippen LogP contribution in [0.1, 0.15) is 44.9 Å². The second-order valence-corrected chi connectivity index (χ2v) is 6.08. The summed E-state index contributed by atoms with van der Waals surface area (Å²) in [4.78, 5) is 49.7. The lowest BCUT2D eigenvalue weighted by Crippen LogP contribution is -2.30. The Hall–Kier alpha value is -3.68. The number of amides is 3. The molecule has 8 heteroatoms. The Kier molecular flexibility index (Phi) is 5.12. The molecule has 8 nitrogen and oxygen atoms in total. The van der Waals surface area contributed by atoms with E-state index in [-0.39, 0.29) is 16.7 Å². The number of imide groups is 1. The maximum atomic E-state index is 12.8. The van der Waals surface area contributed by atoms with E-state index in [2.05, 4.69) is 0 Å². The number of ether oxygens (including phenoxy) is 2. The molecule has 0 spiro atoms. The Morgan fingerprint density at radius 3 is 2.29 bits per heavy atom. The zero-order valence-electron chi connectivity index (χ0n) is 15.3. The molecule has 3 amide bonds. The van der Waals surface area contributed by atoms with Gasteiger partial charge in [-0.1, -0.05) is 0 Å². The van der Waals surface area contributed by atoms with Crippen molar-refractivity contribution >= 4 is 29.4 Å². The molecule has 0 aliphatic carbocycles. The van der Waals surface area contributed by atoms with Gasteiger partial charge in [0.05, 0.1) is 29.0 Å². The van der Waals surface area contributed by atoms with Crippen LogP contribution in [0.2, 0.25) is 0 Å². The molecule has 0 saturated heterocycles. The van der Waals surface area contributed by atoms with Gasteiger partial charge in [0.2, 0.25) is 0 Å². The largest absolute Gasteiger partial charge is 0.494 e. The number of rotatable bonds is 6. The van der Waals surface area contributed by atoms with Crippen LogP contribution in [-0.4, -0.2) is 36.4 Å². The number of nitrogens with zero attached hydrogens (tertiary/aromatic N) is 1. The minimum atomic E-state index is -1.11. The predicted octanol–water partition coefficient (Wildman–Crippen LogP) is 1.92. The minimum Gasteiger partial charge on any atom is -0.494 e. The van der Waals surface area contributed by atoms with Gasteiger partial charge in [-0.15, -0.1) is 0 Å². The fourth-order valence-corrected chi connectivity index (χ4v) is 2.75. The number of carbonyl (C=O) groups is 4. The van der Waals surface area contributed by atoms with Crippen LogP contribution in [0.25, 0.3) is 0 Å². The zero-order valence-corrected chi connectivity index (χ0v) is 15.3. The summed E-state index contributed by atoms with van der Waals surface area (Å²) in [5.41, 5.74) is 5.77. The van der Waals surface area contributed by atoms with E-state index in [1.165, 1.54) is 25.1 Å². The van der Waals surface area contributed by atoms with Crippen molar-refractivity contribution in [3.8, 4) is 5.75 Å². The molecule has 0 aromatic heterocycles. The molecule has 0 unspecified atom stereocenters. The number of hydrogen-bond acceptors (Lipinski definition) is 6. The molecule has 2 N–H and O–H groups in total. The van der Waals surface area contributed by atoms with E-state index in [1.807, 2.05) is 6.92 Å². The zero-order chi connectivity index (χ0) is 20.4. The van der Waals surface area contributed by atoms with Crippen molar-refractivity contribution in [2.24, 2.45) is 5.73 Å². The molecule has 0 saturated carbocycles. The lowest BCUT2D eigenvalue weighted by Gasteiger charge is -2.14. The second kappa shape index (κ2) is 7.51. The summed E-state index contributed by atoms with van der Waals surface area (Å²) in [5, 5.41) is 0. The molecule has 0 radical (unpaired) electrons. The maximum Gasteiger partial charge on any atom is 0.338 e. The van der Waals surface area contributed by atoms with Gasteiger partial charge in [0.1, 0.15) is 5.75 Å². The van der Waals surface area contributed by atoms with Crippen LogP contribution in [-0.2, 0) is 9.53 Å². The minimum absolute atomic E-state index is 0.0431. The topological polar surface area (TPSA) is 116 Å². The quantitative estimate of drug-likeness (QED) is 0.603. The molecule has 3 rings (SSSR count). The van der Waals surface area contributed by atoms with Crippen LogP contribution in [0.15, 0.2) is 42.5 Å². The Morgan fingerprint density at radius 1 is 1.04 bits per heavy atom. The average molecular weight is 382 g/mol. The summed E-state index contributed by atoms with van der Waals surface area (Å²) in [7, 11) is 0. The molecule has 1 aliphatic heterocycles. The standard InChI is InChI=1S/C20H18N2O6/c1-3-27-14-7-5-13(6-8-14)22-18(24)15-9-4-12(10-16(15)19(22)25)20(26)28-11(2)17(21)23/h4-11H,3H2,1-2H3,(H2,21,23)/t11-/m1/s1. The van der Waals surface area contributed by atoms with E-state index in [4.69, 9.17) is 15.2 Å². The van der Waals surface area contributed by atoms with Crippen molar-refractivity contribution in [3.63, 3.8) is 0 Å². The van der Waals surface area contributed by atoms with E-state index in [0.717, 1.165) is 4.90 Å². The summed E-state index contributed by atoms with van der Waals surface area (Å²) in [6.45, 7) is 3.69. The summed E-state index contributed by atoms with van der Waals surface area (Å²) in [6.07, 6.45) is -1.11. The number of hydrogen-bond donors (Lipinski definition) is 1. The average Bonchev–Trinajstić information content (AvgIpc) is 2.93. The lowest BCUT2D eigenvalue weighted by molar-refractivity contribution is -0.125. The molecule has 1 atom stereocenters. The van der Waals surface area contributed by atoms with Gasteiger partial charge in [0.25, 0.3) is 17.7 Å². The van der Waals surface area contributed by atoms with Gasteiger partial charge < -0.3 is 15.2 Å². The Labute approximate surface area is 160 Å². The van der Waals surface area contributed by atoms with Gasteiger partial charge in [-0.25, -0.2) is 9.69 Å². The molecule has 0 fully saturated rings. The van der Waals surface area contributed by atoms with Gasteiger partial charge in [0.15, 0.2) is 6.10 Å². The first kappa shape index (κ1) is 19.1. The number of anilines is 1. The third-order valence-electron chi connectivity index (χ3n) is 4.21. The molecule has 1 heterocycles. The SMILES string of the molecule is CCOc1ccc(N2C(=O)c3ccc(C(=O)O[C@H](C)C(N)=O)cc3C2=O)cc1. The fraction of sp³-hybridized carbons (Fsp3) is 0.200. The summed E-state index contributed by atoms with van der Waals surface area (Å²) < 4.78 is 10.3. The molecule has 2 aromatic carbocycles. The highest BCUT2D eigenvalue weighted by molar-refractivity contribution is 6.34. The first-order valence-corrected chi connectivity index (χ1v) is 8.59. The van der Waals surface area contributed by atoms with Crippen molar-refractivity contribution in [2.75, 3.05) is 11.5 Å². The van der Waals surface area contributed by atoms with Crippen LogP contribution in [0.4, 0.5) is 5.69 Å². The number of primary amides is 1. The molecule has 2 aromatic rings. The van der Waals surface area contributed by atoms with Crippen molar-refractivity contribution < 1.29 is 28.7 Å². The first-order valence-electron chi connectivity index (χ1n) is 8.59. The third kappa shape index (κ3) is 3.44. The van der Waals surface area contributed by atoms with Gasteiger partial charge in [-0.05, 0) is 56.3 Å². The van der Waals surface area contributed by atoms with E-state index in [1.54, 1.807) is 24.3 Å². The van der Waals surface area contributed by atoms with Gasteiger partial charge >= 0.3 is 5.97 Å². The predicted molar refractivity (Wildman–Crippen MR) is 99.3 cm³/mol. The number of carbonyl (C=O) groups excluding carboxylic acids is 4. The van der Waals surface area contributed by atoms with Crippen LogP contribution in [0.3, 0.4) is 0 Å². The van der Waals surface area contributed by atoms with Crippen LogP contribution >= 0.6 is 0 Å². The monoisotopic (exact) mass is 382 g/mol. The fourth-order valence-electron chi connectivity index (χ4n) is 2.75. The normalized spacial score (nSPS) is 13.9. The molecule has 28 heavy (non-hydrogen) atoms. The summed E-state index contributed by atoms with van der Waals surface area (Å²) in [5.74, 6) is -2.02. The van der Waals surface area contributed by atoms with E-state index in [0.29, 0.717) is 18.0 Å². The highest BCUT2D eigenvalue weighted by Gasteiger charge is 2.37. The summed E-state index contributed by atoms with van der Waals surface area (Å²) in [6, 6.07) is 10.6. The number of esters is 1. The lowest BCUT2D eigenvalue weighted by atomic mass is 10.1. The maximum absolute atomic E-state index is 12.8. The van der Waals surface area contributed by atoms with Gasteiger partial charge in [0, 0.05) is 0 Å². The van der Waals surface area contributed by atoms with Crippen LogP contribution in [0, 0.1) is 0 Å². The molecule has 1 aliphatic rings. The van der Waals surface area contributed by atoms with Crippen molar-refractivity contribution in [1.29, 1.82) is 0 Å². The van der Waals surface area contributed by atoms with Gasteiger partial charge in [-0.3, -0.25) is 14.4 Å². The van der Waals surface area contributed by atoms with E-state index in [9.17, 15) is 19.2 Å². The molecule has 0 bridgehead atoms. The van der Waals surface area contributed by atoms with Crippen molar-refractivity contribution in [1.82, 2.24) is 0 Å². The molecular formula is C20H18N2O6. The highest BCUT2D eigenvalue weighted by atomic mass is 16.5. The van der Waals surface area contributed by atoms with E-state index >= 15 is 0 Å².